The van der Waals surface area contributed by atoms with Gasteiger partial charge in [-0.3, -0.25) is 14.4 Å². The second kappa shape index (κ2) is 53.5. The number of carboxylic acid groups (broad SMARTS) is 1. The van der Waals surface area contributed by atoms with Crippen molar-refractivity contribution < 1.29 is 58.2 Å². The SMILES string of the molecule is CC/C=C\C/C=C\C/C=C\C/C=C\CCCCCCC(=O)OCC(COC1OC(C(=O)O)C(O)C(O)C1OC(=O)CCCCCCC/C=C\C/C=C\C/C=C\CC)OC(=O)CCCCCC/C=C\C/C=C\C/C=C\C/C=C\CC. The van der Waals surface area contributed by atoms with Crippen LogP contribution in [-0.4, -0.2) is 89.2 Å². The number of aliphatic hydroxyl groups is 2. The highest BCUT2D eigenvalue weighted by Crippen LogP contribution is 2.26. The number of esters is 3. The predicted molar refractivity (Wildman–Crippen MR) is 321 cm³/mol. The van der Waals surface area contributed by atoms with Crippen molar-refractivity contribution in [1.29, 1.82) is 0 Å². The van der Waals surface area contributed by atoms with E-state index in [2.05, 4.69) is 154 Å². The average Bonchev–Trinajstić information content (AvgIpc) is 3.46. The van der Waals surface area contributed by atoms with Crippen molar-refractivity contribution in [1.82, 2.24) is 0 Å². The lowest BCUT2D eigenvalue weighted by atomic mass is 9.98. The molecule has 12 nitrogen and oxygen atoms in total. The molecule has 1 fully saturated rings. The largest absolute Gasteiger partial charge is 0.479 e. The molecule has 0 aromatic rings. The van der Waals surface area contributed by atoms with Crippen LogP contribution in [0.25, 0.3) is 0 Å². The number of unbranched alkanes of at least 4 members (excludes halogenated alkanes) is 13. The Labute approximate surface area is 477 Å². The lowest BCUT2D eigenvalue weighted by Crippen LogP contribution is -2.61. The molecule has 0 aliphatic carbocycles. The molecule has 0 radical (unpaired) electrons. The van der Waals surface area contributed by atoms with Gasteiger partial charge in [0, 0.05) is 19.3 Å². The van der Waals surface area contributed by atoms with Crippen molar-refractivity contribution in [3.05, 3.63) is 134 Å². The summed E-state index contributed by atoms with van der Waals surface area (Å²) in [6.07, 6.45) is 62.7. The number of allylic oxidation sites excluding steroid dienone is 22. The Hall–Kier alpha value is -5.14. The van der Waals surface area contributed by atoms with Crippen molar-refractivity contribution >= 4 is 23.9 Å². The Kier molecular flexibility index (Phi) is 48.7. The molecule has 0 spiro atoms. The summed E-state index contributed by atoms with van der Waals surface area (Å²) in [6, 6.07) is 0. The number of ether oxygens (including phenoxy) is 5. The van der Waals surface area contributed by atoms with E-state index in [1.165, 1.54) is 0 Å². The first-order chi connectivity index (χ1) is 38.6. The van der Waals surface area contributed by atoms with E-state index in [-0.39, 0.29) is 25.9 Å². The van der Waals surface area contributed by atoms with Crippen LogP contribution in [0.5, 0.6) is 0 Å². The molecule has 1 aliphatic rings. The minimum absolute atomic E-state index is 0.0278. The second-order valence-electron chi connectivity index (χ2n) is 19.8. The first kappa shape index (κ1) is 71.9. The number of hydrogen-bond donors (Lipinski definition) is 3. The molecule has 1 saturated heterocycles. The van der Waals surface area contributed by atoms with Gasteiger partial charge in [-0.05, 0) is 128 Å². The third kappa shape index (κ3) is 43.4. The van der Waals surface area contributed by atoms with Gasteiger partial charge in [0.2, 0.25) is 0 Å². The molecule has 1 aliphatic heterocycles. The van der Waals surface area contributed by atoms with Crippen molar-refractivity contribution in [2.24, 2.45) is 0 Å². The number of aliphatic hydroxyl groups excluding tert-OH is 2. The number of aliphatic carboxylic acids is 1. The zero-order valence-electron chi connectivity index (χ0n) is 48.8. The summed E-state index contributed by atoms with van der Waals surface area (Å²) >= 11 is 0. The van der Waals surface area contributed by atoms with Crippen molar-refractivity contribution in [3.63, 3.8) is 0 Å². The van der Waals surface area contributed by atoms with Crippen LogP contribution in [0, 0.1) is 0 Å². The highest BCUT2D eigenvalue weighted by molar-refractivity contribution is 5.74. The molecular weight excluding hydrogens is 997 g/mol. The van der Waals surface area contributed by atoms with E-state index in [4.69, 9.17) is 23.7 Å². The summed E-state index contributed by atoms with van der Waals surface area (Å²) < 4.78 is 28.4. The molecule has 0 aromatic heterocycles. The van der Waals surface area contributed by atoms with E-state index < -0.39 is 67.3 Å². The highest BCUT2D eigenvalue weighted by Gasteiger charge is 2.50. The molecule has 12 heteroatoms. The lowest BCUT2D eigenvalue weighted by Gasteiger charge is -2.40. The molecule has 6 atom stereocenters. The van der Waals surface area contributed by atoms with Gasteiger partial charge >= 0.3 is 23.9 Å². The molecule has 444 valence electrons. The number of rotatable bonds is 49. The summed E-state index contributed by atoms with van der Waals surface area (Å²) in [5, 5.41) is 31.5. The summed E-state index contributed by atoms with van der Waals surface area (Å²) in [7, 11) is 0. The van der Waals surface area contributed by atoms with E-state index in [0.717, 1.165) is 154 Å². The van der Waals surface area contributed by atoms with E-state index in [0.29, 0.717) is 19.3 Å². The van der Waals surface area contributed by atoms with Gasteiger partial charge in [-0.2, -0.15) is 0 Å². The summed E-state index contributed by atoms with van der Waals surface area (Å²) in [6.45, 7) is 5.59. The van der Waals surface area contributed by atoms with Crippen molar-refractivity contribution in [2.75, 3.05) is 13.2 Å². The third-order valence-electron chi connectivity index (χ3n) is 12.7. The third-order valence-corrected chi connectivity index (χ3v) is 12.7. The maximum Gasteiger partial charge on any atom is 0.335 e. The zero-order chi connectivity index (χ0) is 57.5. The number of carbonyl (C=O) groups is 4. The van der Waals surface area contributed by atoms with Gasteiger partial charge in [-0.1, -0.05) is 199 Å². The summed E-state index contributed by atoms with van der Waals surface area (Å²) in [4.78, 5) is 51.2. The quantitative estimate of drug-likeness (QED) is 0.0228. The maximum absolute atomic E-state index is 13.2. The van der Waals surface area contributed by atoms with Crippen LogP contribution in [0.3, 0.4) is 0 Å². The fraction of sp³-hybridized carbons (Fsp3) is 0.612. The minimum Gasteiger partial charge on any atom is -0.479 e. The molecule has 0 amide bonds. The number of hydrogen-bond acceptors (Lipinski definition) is 11. The monoisotopic (exact) mass is 1100 g/mol. The Morgan fingerprint density at radius 1 is 0.418 bits per heavy atom. The predicted octanol–water partition coefficient (Wildman–Crippen LogP) is 15.8. The highest BCUT2D eigenvalue weighted by atomic mass is 16.7. The first-order valence-electron chi connectivity index (χ1n) is 30.2. The van der Waals surface area contributed by atoms with Gasteiger partial charge in [-0.15, -0.1) is 0 Å². The summed E-state index contributed by atoms with van der Waals surface area (Å²) in [5.74, 6) is -3.23. The van der Waals surface area contributed by atoms with Crippen molar-refractivity contribution in [2.45, 2.75) is 250 Å². The molecule has 0 bridgehead atoms. The number of carboxylic acids is 1. The number of carbonyl (C=O) groups excluding carboxylic acids is 3. The lowest BCUT2D eigenvalue weighted by molar-refractivity contribution is -0.301. The van der Waals surface area contributed by atoms with Gasteiger partial charge in [0.25, 0.3) is 0 Å². The second-order valence-corrected chi connectivity index (χ2v) is 19.8. The van der Waals surface area contributed by atoms with E-state index >= 15 is 0 Å². The summed E-state index contributed by atoms with van der Waals surface area (Å²) in [5.41, 5.74) is 0. The molecule has 6 unspecified atom stereocenters. The van der Waals surface area contributed by atoms with Gasteiger partial charge in [0.05, 0.1) is 6.61 Å². The van der Waals surface area contributed by atoms with E-state index in [1.54, 1.807) is 0 Å². The van der Waals surface area contributed by atoms with Gasteiger partial charge in [0.1, 0.15) is 18.8 Å². The maximum atomic E-state index is 13.2. The minimum atomic E-state index is -1.92. The fourth-order valence-corrected chi connectivity index (χ4v) is 8.19. The Bertz CT molecular complexity index is 1880. The molecule has 1 rings (SSSR count). The van der Waals surface area contributed by atoms with Crippen LogP contribution in [-0.2, 0) is 42.9 Å². The standard InChI is InChI=1S/C67H104O12/c1-4-7-10-13-16-19-22-25-28-30-33-35-38-41-44-47-50-53-59(68)75-56-58(77-60(69)54-51-48-45-42-39-37-34-31-29-26-23-20-17-14-11-8-5-2)57-76-67-65(63(72)62(71)64(79-67)66(73)74)78-61(70)55-52-49-46-43-40-36-32-27-24-21-18-15-12-9-6-3/h7-12,16-21,25-29,32-35,37,58,62-65,67,71-72H,4-6,13-15,22-24,30-31,36,38-57H2,1-3H3,(H,73,74)/b10-7-,11-8-,12-9-,19-16-,20-17-,21-18-,28-25-,29-26-,32-27-,35-33-,37-34-. The smallest absolute Gasteiger partial charge is 0.335 e. The Morgan fingerprint density at radius 3 is 1.15 bits per heavy atom. The normalized spacial score (nSPS) is 18.8. The van der Waals surface area contributed by atoms with Crippen LogP contribution >= 0.6 is 0 Å². The van der Waals surface area contributed by atoms with Gasteiger partial charge in [0.15, 0.2) is 24.6 Å². The Morgan fingerprint density at radius 2 is 0.759 bits per heavy atom. The van der Waals surface area contributed by atoms with Crippen LogP contribution < -0.4 is 0 Å². The van der Waals surface area contributed by atoms with Crippen LogP contribution in [0.2, 0.25) is 0 Å². The molecule has 0 saturated carbocycles. The molecule has 3 N–H and O–H groups in total. The van der Waals surface area contributed by atoms with Crippen LogP contribution in [0.15, 0.2) is 134 Å². The topological polar surface area (TPSA) is 175 Å². The fourth-order valence-electron chi connectivity index (χ4n) is 8.19. The molecule has 0 aromatic carbocycles. The van der Waals surface area contributed by atoms with Gasteiger partial charge in [-0.25, -0.2) is 4.79 Å². The average molecular weight is 1100 g/mol. The van der Waals surface area contributed by atoms with Crippen LogP contribution in [0.4, 0.5) is 0 Å². The molecular formula is C67H104O12. The molecule has 1 heterocycles. The Balaban J connectivity index is 2.75. The van der Waals surface area contributed by atoms with E-state index in [1.807, 2.05) is 0 Å². The zero-order valence-corrected chi connectivity index (χ0v) is 48.8. The van der Waals surface area contributed by atoms with Crippen molar-refractivity contribution in [3.8, 4) is 0 Å². The van der Waals surface area contributed by atoms with Crippen LogP contribution in [0.1, 0.15) is 213 Å². The first-order valence-corrected chi connectivity index (χ1v) is 30.2. The van der Waals surface area contributed by atoms with E-state index in [9.17, 15) is 34.5 Å². The van der Waals surface area contributed by atoms with Gasteiger partial charge < -0.3 is 39.0 Å². The molecule has 79 heavy (non-hydrogen) atoms.